The van der Waals surface area contributed by atoms with E-state index in [-0.39, 0.29) is 21.3 Å². The van der Waals surface area contributed by atoms with Crippen molar-refractivity contribution < 1.29 is 79.7 Å². The van der Waals surface area contributed by atoms with E-state index in [1.54, 1.807) is 102 Å². The van der Waals surface area contributed by atoms with Crippen LogP contribution in [0.5, 0.6) is 23.0 Å². The number of nitrogens with zero attached hydrogens (tertiary/aromatic N) is 3. The molecular formula is C70H41BrF16N4O2. The van der Waals surface area contributed by atoms with Crippen LogP contribution in [0.25, 0.3) is 65.9 Å². The summed E-state index contributed by atoms with van der Waals surface area (Å²) in [6, 6.07) is 29.5. The second-order valence-electron chi connectivity index (χ2n) is 21.9. The fourth-order valence-corrected chi connectivity index (χ4v) is 12.5. The molecule has 2 aromatic heterocycles. The van der Waals surface area contributed by atoms with Crippen molar-refractivity contribution in [2.75, 3.05) is 10.2 Å². The van der Waals surface area contributed by atoms with Crippen molar-refractivity contribution in [2.45, 2.75) is 55.4 Å². The average molecular weight is 1350 g/mol. The topological polar surface area (TPSA) is 59.5 Å². The van der Waals surface area contributed by atoms with Gasteiger partial charge >= 0.3 is 0 Å². The van der Waals surface area contributed by atoms with Gasteiger partial charge in [-0.3, -0.25) is 0 Å². The van der Waals surface area contributed by atoms with Gasteiger partial charge in [-0.2, -0.15) is 0 Å². The number of pyridine rings is 2. The van der Waals surface area contributed by atoms with Crippen LogP contribution in [0.1, 0.15) is 44.5 Å². The van der Waals surface area contributed by atoms with Gasteiger partial charge in [0.2, 0.25) is 0 Å². The molecule has 12 aromatic rings. The Balaban J connectivity index is 0.000000153. The minimum absolute atomic E-state index is 0.0679. The van der Waals surface area contributed by atoms with Gasteiger partial charge in [-0.05, 0) is 164 Å². The molecule has 0 aliphatic carbocycles. The van der Waals surface area contributed by atoms with Crippen molar-refractivity contribution in [3.63, 3.8) is 0 Å². The quantitative estimate of drug-likeness (QED) is 0.0823. The third kappa shape index (κ3) is 9.61. The highest BCUT2D eigenvalue weighted by atomic mass is 79.9. The molecule has 93 heavy (non-hydrogen) atoms. The molecule has 0 radical (unpaired) electrons. The normalized spacial score (nSPS) is 12.2. The number of hydrogen-bond acceptors (Lipinski definition) is 6. The Bertz CT molecular complexity index is 4980. The van der Waals surface area contributed by atoms with Crippen LogP contribution in [0, 0.1) is 148 Å². The molecule has 10 aromatic carbocycles. The fourth-order valence-electron chi connectivity index (χ4n) is 11.8. The largest absolute Gasteiger partial charge is 0.453 e. The maximum Gasteiger partial charge on any atom is 0.199 e. The Morgan fingerprint density at radius 2 is 0.581 bits per heavy atom. The van der Waals surface area contributed by atoms with Crippen LogP contribution in [0.15, 0.2) is 102 Å². The van der Waals surface area contributed by atoms with E-state index in [0.29, 0.717) is 61.8 Å². The van der Waals surface area contributed by atoms with Crippen LogP contribution in [-0.4, -0.2) is 9.97 Å². The minimum Gasteiger partial charge on any atom is -0.453 e. The van der Waals surface area contributed by atoms with Gasteiger partial charge in [-0.25, -0.2) is 80.2 Å². The zero-order valence-corrected chi connectivity index (χ0v) is 50.9. The van der Waals surface area contributed by atoms with Gasteiger partial charge in [0.05, 0.1) is 50.0 Å². The lowest BCUT2D eigenvalue weighted by Gasteiger charge is -2.36. The van der Waals surface area contributed by atoms with E-state index in [0.717, 1.165) is 28.4 Å². The minimum atomic E-state index is -2.27. The van der Waals surface area contributed by atoms with Crippen molar-refractivity contribution in [1.82, 2.24) is 9.97 Å². The zero-order chi connectivity index (χ0) is 67.0. The highest BCUT2D eigenvalue weighted by Gasteiger charge is 2.38. The van der Waals surface area contributed by atoms with Gasteiger partial charge in [0, 0.05) is 26.7 Å². The number of ether oxygens (including phenoxy) is 2. The first-order valence-corrected chi connectivity index (χ1v) is 28.7. The number of halogens is 17. The van der Waals surface area contributed by atoms with Crippen molar-refractivity contribution in [3.8, 4) is 45.3 Å². The Morgan fingerprint density at radius 1 is 0.301 bits per heavy atom. The first-order chi connectivity index (χ1) is 44.1. The number of benzene rings is 10. The van der Waals surface area contributed by atoms with E-state index in [4.69, 9.17) is 9.47 Å². The third-order valence-electron chi connectivity index (χ3n) is 17.1. The summed E-state index contributed by atoms with van der Waals surface area (Å²) in [5.74, 6) is -31.3. The molecule has 0 saturated carbocycles. The average Bonchev–Trinajstić information content (AvgIpc) is 0.713. The Kier molecular flexibility index (Phi) is 15.9. The molecule has 2 aliphatic heterocycles. The lowest BCUT2D eigenvalue weighted by Crippen LogP contribution is -2.19. The monoisotopic (exact) mass is 1350 g/mol. The molecule has 0 fully saturated rings. The molecule has 0 amide bonds. The van der Waals surface area contributed by atoms with E-state index in [2.05, 4.69) is 31.2 Å². The lowest BCUT2D eigenvalue weighted by molar-refractivity contribution is 0.414. The summed E-state index contributed by atoms with van der Waals surface area (Å²) < 4.78 is 250. The van der Waals surface area contributed by atoms with E-state index >= 15 is 26.3 Å². The van der Waals surface area contributed by atoms with Gasteiger partial charge in [0.15, 0.2) is 116 Å². The standard InChI is InChI=1S/C35H20F8N2O.C23H12BrF8N.C12H9NO/c1-13-14(2)16(4)35(45-17-9-5-7-11-19(17)46-20-12-8-6-10-18(20)45)21(15(13)3)22-23-25(36)27(38)29(40)31(42)33(23)44-34-24(22)26(37)28(39)30(41)32(34)43;1-5-6(2)8(4)13(24)9(7(5)3)10-11-14(25)16(27)18(29)20(31)22(11)33-23-12(10)15(26)17(28)19(30)21(23)32;1-3-7-11-9(5-1)13-10-6-2-4-8-12(10)14-11/h5-12H,1-4H3;1-4H3;1-8,13H. The highest BCUT2D eigenvalue weighted by molar-refractivity contribution is 9.10. The number of fused-ring (bicyclic) bond motifs is 8. The number of aromatic nitrogens is 2. The maximum atomic E-state index is 15.9. The molecule has 14 rings (SSSR count). The van der Waals surface area contributed by atoms with Gasteiger partial charge in [0.1, 0.15) is 22.1 Å². The molecule has 2 aliphatic rings. The summed E-state index contributed by atoms with van der Waals surface area (Å²) in [4.78, 5) is 8.56. The SMILES string of the molecule is Cc1c(C)c(C)c(-c2c3c(F)c(F)c(F)c(F)c3nc3c(F)c(F)c(F)c(F)c23)c(Br)c1C.Cc1c(C)c(C)c(N2c3ccccc3Oc3ccccc32)c(-c2c3c(F)c(F)c(F)c(F)c3nc3c(F)c(F)c(F)c(F)c23)c1C.c1ccc2c(c1)Nc1ccccc1O2. The van der Waals surface area contributed by atoms with Crippen LogP contribution in [-0.2, 0) is 0 Å². The number of anilines is 5. The van der Waals surface area contributed by atoms with Crippen molar-refractivity contribution in [3.05, 3.63) is 239 Å². The zero-order valence-electron chi connectivity index (χ0n) is 49.3. The molecule has 23 heteroatoms. The van der Waals surface area contributed by atoms with E-state index < -0.39 is 148 Å². The molecular weight excluding hydrogens is 1310 g/mol. The van der Waals surface area contributed by atoms with E-state index in [9.17, 15) is 43.9 Å². The highest BCUT2D eigenvalue weighted by Crippen LogP contribution is 2.57. The number of para-hydroxylation sites is 8. The first-order valence-electron chi connectivity index (χ1n) is 27.9. The summed E-state index contributed by atoms with van der Waals surface area (Å²) in [7, 11) is 0. The predicted molar refractivity (Wildman–Crippen MR) is 325 cm³/mol. The number of rotatable bonds is 3. The predicted octanol–water partition coefficient (Wildman–Crippen LogP) is 22.7. The van der Waals surface area contributed by atoms with E-state index in [1.807, 2.05) is 48.5 Å². The van der Waals surface area contributed by atoms with Crippen molar-refractivity contribution >= 4 is 88.0 Å². The maximum absolute atomic E-state index is 15.9. The van der Waals surface area contributed by atoms with E-state index in [1.165, 1.54) is 6.92 Å². The first kappa shape index (κ1) is 63.3. The smallest absolute Gasteiger partial charge is 0.199 e. The molecule has 4 heterocycles. The molecule has 6 nitrogen and oxygen atoms in total. The summed E-state index contributed by atoms with van der Waals surface area (Å²) in [6.07, 6.45) is 0. The molecule has 1 N–H and O–H groups in total. The summed E-state index contributed by atoms with van der Waals surface area (Å²) in [6.45, 7) is 13.3. The Labute approximate surface area is 525 Å². The summed E-state index contributed by atoms with van der Waals surface area (Å²) in [5.41, 5.74) is 0.958. The number of nitrogens with one attached hydrogen (secondary N) is 1. The fraction of sp³-hybridized carbons (Fsp3) is 0.114. The van der Waals surface area contributed by atoms with Crippen LogP contribution >= 0.6 is 15.9 Å². The Hall–Kier alpha value is -9.90. The Morgan fingerprint density at radius 3 is 0.957 bits per heavy atom. The van der Waals surface area contributed by atoms with Gasteiger partial charge in [-0.1, -0.05) is 48.5 Å². The molecule has 0 atom stereocenters. The lowest BCUT2D eigenvalue weighted by atomic mass is 9.84. The second kappa shape index (κ2) is 23.3. The summed E-state index contributed by atoms with van der Waals surface area (Å²) in [5, 5.41) is -0.954. The van der Waals surface area contributed by atoms with Crippen LogP contribution in [0.2, 0.25) is 0 Å². The number of hydrogen-bond donors (Lipinski definition) is 1. The van der Waals surface area contributed by atoms with Gasteiger partial charge in [-0.15, -0.1) is 0 Å². The van der Waals surface area contributed by atoms with Crippen molar-refractivity contribution in [1.29, 1.82) is 0 Å². The van der Waals surface area contributed by atoms with Gasteiger partial charge < -0.3 is 19.7 Å². The van der Waals surface area contributed by atoms with Crippen molar-refractivity contribution in [2.24, 2.45) is 0 Å². The van der Waals surface area contributed by atoms with Crippen LogP contribution in [0.4, 0.5) is 98.7 Å². The van der Waals surface area contributed by atoms with Crippen LogP contribution < -0.4 is 19.7 Å². The third-order valence-corrected chi connectivity index (χ3v) is 18.1. The summed E-state index contributed by atoms with van der Waals surface area (Å²) >= 11 is 3.29. The second-order valence-corrected chi connectivity index (χ2v) is 22.7. The van der Waals surface area contributed by atoms with Crippen LogP contribution in [0.3, 0.4) is 0 Å². The molecule has 0 bridgehead atoms. The van der Waals surface area contributed by atoms with Gasteiger partial charge in [0.25, 0.3) is 0 Å². The molecule has 0 unspecified atom stereocenters. The molecule has 0 spiro atoms. The molecule has 0 saturated heterocycles. The molecule has 472 valence electrons.